The van der Waals surface area contributed by atoms with Crippen LogP contribution in [-0.2, 0) is 13.1 Å². The van der Waals surface area contributed by atoms with Gasteiger partial charge in [-0.1, -0.05) is 23.7 Å². The quantitative estimate of drug-likeness (QED) is 0.449. The van der Waals surface area contributed by atoms with Gasteiger partial charge in [-0.2, -0.15) is 5.10 Å². The lowest BCUT2D eigenvalue weighted by Gasteiger charge is -2.08. The van der Waals surface area contributed by atoms with Gasteiger partial charge in [-0.3, -0.25) is 4.79 Å². The molecule has 1 aromatic carbocycles. The molecule has 9 nitrogen and oxygen atoms in total. The minimum Gasteiger partial charge on any atom is -0.440 e. The van der Waals surface area contributed by atoms with E-state index in [9.17, 15) is 4.79 Å². The number of halogens is 1. The van der Waals surface area contributed by atoms with Crippen LogP contribution in [-0.4, -0.2) is 30.6 Å². The fourth-order valence-electron chi connectivity index (χ4n) is 2.96. The number of hydrogen-bond donors (Lipinski definition) is 2. The Morgan fingerprint density at radius 1 is 1.26 bits per heavy atom. The molecule has 158 valence electrons. The molecule has 0 fully saturated rings. The van der Waals surface area contributed by atoms with Gasteiger partial charge >= 0.3 is 5.91 Å². The van der Waals surface area contributed by atoms with Gasteiger partial charge in [0.15, 0.2) is 0 Å². The molecular formula is C21H20ClN7O2. The van der Waals surface area contributed by atoms with Crippen molar-refractivity contribution >= 4 is 29.3 Å². The van der Waals surface area contributed by atoms with E-state index in [1.807, 2.05) is 32.0 Å². The predicted octanol–water partition coefficient (Wildman–Crippen LogP) is 3.98. The number of benzene rings is 1. The maximum Gasteiger partial charge on any atom is 0.307 e. The molecule has 0 saturated carbocycles. The van der Waals surface area contributed by atoms with Crippen molar-refractivity contribution in [3.63, 3.8) is 0 Å². The number of nitrogens with one attached hydrogen (secondary N) is 2. The second-order valence-corrected chi connectivity index (χ2v) is 7.17. The van der Waals surface area contributed by atoms with E-state index >= 15 is 0 Å². The molecule has 0 aliphatic heterocycles. The van der Waals surface area contributed by atoms with Crippen LogP contribution in [0.15, 0.2) is 53.4 Å². The van der Waals surface area contributed by atoms with E-state index in [4.69, 9.17) is 16.0 Å². The zero-order chi connectivity index (χ0) is 21.8. The summed E-state index contributed by atoms with van der Waals surface area (Å²) < 4.78 is 7.18. The van der Waals surface area contributed by atoms with Gasteiger partial charge in [0.2, 0.25) is 5.95 Å². The summed E-state index contributed by atoms with van der Waals surface area (Å²) in [6.07, 6.45) is 4.79. The van der Waals surface area contributed by atoms with Gasteiger partial charge in [-0.15, -0.1) is 0 Å². The zero-order valence-corrected chi connectivity index (χ0v) is 17.7. The van der Waals surface area contributed by atoms with Gasteiger partial charge in [0.05, 0.1) is 6.20 Å². The van der Waals surface area contributed by atoms with E-state index in [0.717, 1.165) is 16.9 Å². The SMILES string of the molecule is CCn1nccc1Nc1ncc(C)c(-c2coc(C(=O)NCc3cccc(Cl)c3)n2)n1. The van der Waals surface area contributed by atoms with Gasteiger partial charge in [0.25, 0.3) is 5.89 Å². The average molecular weight is 438 g/mol. The van der Waals surface area contributed by atoms with Gasteiger partial charge in [-0.25, -0.2) is 19.6 Å². The minimum atomic E-state index is -0.428. The third kappa shape index (κ3) is 4.72. The molecule has 3 aromatic heterocycles. The Labute approximate surface area is 183 Å². The monoisotopic (exact) mass is 437 g/mol. The Morgan fingerprint density at radius 3 is 2.94 bits per heavy atom. The first kappa shape index (κ1) is 20.5. The largest absolute Gasteiger partial charge is 0.440 e. The minimum absolute atomic E-state index is 0.0476. The maximum absolute atomic E-state index is 12.4. The first-order valence-corrected chi connectivity index (χ1v) is 10.0. The van der Waals surface area contributed by atoms with Crippen molar-refractivity contribution in [2.45, 2.75) is 26.9 Å². The Kier molecular flexibility index (Phi) is 5.94. The molecule has 0 bridgehead atoms. The summed E-state index contributed by atoms with van der Waals surface area (Å²) in [5.41, 5.74) is 2.69. The number of amides is 1. The highest BCUT2D eigenvalue weighted by Gasteiger charge is 2.17. The average Bonchev–Trinajstić information content (AvgIpc) is 3.43. The molecule has 0 radical (unpaired) electrons. The molecule has 4 rings (SSSR count). The van der Waals surface area contributed by atoms with E-state index in [1.54, 1.807) is 29.2 Å². The van der Waals surface area contributed by atoms with Crippen LogP contribution in [0.1, 0.15) is 28.7 Å². The lowest BCUT2D eigenvalue weighted by Crippen LogP contribution is -2.23. The smallest absolute Gasteiger partial charge is 0.307 e. The van der Waals surface area contributed by atoms with Crippen LogP contribution < -0.4 is 10.6 Å². The van der Waals surface area contributed by atoms with Crippen LogP contribution in [0.5, 0.6) is 0 Å². The van der Waals surface area contributed by atoms with Crippen molar-refractivity contribution in [1.82, 2.24) is 30.0 Å². The Balaban J connectivity index is 1.49. The van der Waals surface area contributed by atoms with Crippen LogP contribution in [0, 0.1) is 6.92 Å². The van der Waals surface area contributed by atoms with Gasteiger partial charge < -0.3 is 15.1 Å². The van der Waals surface area contributed by atoms with Crippen LogP contribution in [0.4, 0.5) is 11.8 Å². The second-order valence-electron chi connectivity index (χ2n) is 6.73. The van der Waals surface area contributed by atoms with Crippen molar-refractivity contribution in [3.8, 4) is 11.4 Å². The number of aromatic nitrogens is 5. The third-order valence-corrected chi connectivity index (χ3v) is 4.75. The molecule has 31 heavy (non-hydrogen) atoms. The van der Waals surface area contributed by atoms with Crippen LogP contribution in [0.2, 0.25) is 5.02 Å². The molecular weight excluding hydrogens is 418 g/mol. The number of oxazole rings is 1. The van der Waals surface area contributed by atoms with E-state index in [1.165, 1.54) is 6.26 Å². The number of hydrogen-bond acceptors (Lipinski definition) is 7. The van der Waals surface area contributed by atoms with E-state index in [-0.39, 0.29) is 5.89 Å². The molecule has 0 saturated heterocycles. The Bertz CT molecular complexity index is 1220. The number of carbonyl (C=O) groups is 1. The standard InChI is InChI=1S/C21H20ClN7O2/c1-3-29-17(7-8-25-29)27-21-24-10-13(2)18(28-21)16-12-31-20(26-16)19(30)23-11-14-5-4-6-15(22)9-14/h4-10,12H,3,11H2,1-2H3,(H,23,30)(H,24,27,28). The van der Waals surface area contributed by atoms with Gasteiger partial charge in [0, 0.05) is 30.4 Å². The Morgan fingerprint density at radius 2 is 2.13 bits per heavy atom. The fourth-order valence-corrected chi connectivity index (χ4v) is 3.17. The highest BCUT2D eigenvalue weighted by Crippen LogP contribution is 2.23. The molecule has 1 amide bonds. The predicted molar refractivity (Wildman–Crippen MR) is 116 cm³/mol. The summed E-state index contributed by atoms with van der Waals surface area (Å²) in [6, 6.07) is 9.09. The maximum atomic E-state index is 12.4. The number of carbonyl (C=O) groups excluding carboxylic acids is 1. The summed E-state index contributed by atoms with van der Waals surface area (Å²) >= 11 is 5.97. The van der Waals surface area contributed by atoms with Crippen LogP contribution in [0.25, 0.3) is 11.4 Å². The summed E-state index contributed by atoms with van der Waals surface area (Å²) in [4.78, 5) is 25.6. The summed E-state index contributed by atoms with van der Waals surface area (Å²) in [5, 5.41) is 10.7. The first-order chi connectivity index (χ1) is 15.0. The van der Waals surface area contributed by atoms with Crippen molar-refractivity contribution in [2.75, 3.05) is 5.32 Å². The number of anilines is 2. The van der Waals surface area contributed by atoms with Crippen molar-refractivity contribution in [2.24, 2.45) is 0 Å². The lowest BCUT2D eigenvalue weighted by molar-refractivity contribution is 0.0916. The summed E-state index contributed by atoms with van der Waals surface area (Å²) in [7, 11) is 0. The molecule has 0 aliphatic carbocycles. The zero-order valence-electron chi connectivity index (χ0n) is 17.0. The molecule has 0 spiro atoms. The topological polar surface area (TPSA) is 111 Å². The third-order valence-electron chi connectivity index (χ3n) is 4.51. The van der Waals surface area contributed by atoms with Gasteiger partial charge in [0.1, 0.15) is 23.5 Å². The molecule has 0 unspecified atom stereocenters. The van der Waals surface area contributed by atoms with E-state index in [0.29, 0.717) is 35.4 Å². The highest BCUT2D eigenvalue weighted by atomic mass is 35.5. The molecule has 4 aromatic rings. The van der Waals surface area contributed by atoms with Crippen molar-refractivity contribution in [3.05, 3.63) is 71.0 Å². The normalized spacial score (nSPS) is 10.8. The molecule has 0 aliphatic rings. The first-order valence-electron chi connectivity index (χ1n) is 9.64. The summed E-state index contributed by atoms with van der Waals surface area (Å²) in [5.74, 6) is 0.695. The summed E-state index contributed by atoms with van der Waals surface area (Å²) in [6.45, 7) is 4.88. The Hall–Kier alpha value is -3.72. The number of nitrogens with zero attached hydrogens (tertiary/aromatic N) is 5. The molecule has 3 heterocycles. The number of rotatable bonds is 7. The molecule has 10 heteroatoms. The van der Waals surface area contributed by atoms with Crippen molar-refractivity contribution < 1.29 is 9.21 Å². The lowest BCUT2D eigenvalue weighted by atomic mass is 10.2. The number of aryl methyl sites for hydroxylation is 2. The second kappa shape index (κ2) is 8.97. The molecule has 0 atom stereocenters. The van der Waals surface area contributed by atoms with E-state index in [2.05, 4.69) is 30.7 Å². The molecule has 2 N–H and O–H groups in total. The van der Waals surface area contributed by atoms with Gasteiger partial charge in [-0.05, 0) is 37.1 Å². The van der Waals surface area contributed by atoms with Crippen molar-refractivity contribution in [1.29, 1.82) is 0 Å². The van der Waals surface area contributed by atoms with Crippen LogP contribution in [0.3, 0.4) is 0 Å². The highest BCUT2D eigenvalue weighted by molar-refractivity contribution is 6.30. The van der Waals surface area contributed by atoms with E-state index < -0.39 is 5.91 Å². The van der Waals surface area contributed by atoms with Crippen LogP contribution >= 0.6 is 11.6 Å². The fraction of sp³-hybridized carbons (Fsp3) is 0.190.